The molecule has 2 aromatic rings. The maximum atomic E-state index is 11.6. The SMILES string of the molecule is CNc1ccc(Oc2ccc(NC(=O)C(C)C)cc2)cc1. The van der Waals surface area contributed by atoms with Gasteiger partial charge < -0.3 is 15.4 Å². The molecule has 4 heteroatoms. The Kier molecular flexibility index (Phi) is 4.82. The highest BCUT2D eigenvalue weighted by molar-refractivity contribution is 5.92. The van der Waals surface area contributed by atoms with Crippen LogP contribution < -0.4 is 15.4 Å². The molecule has 2 aromatic carbocycles. The summed E-state index contributed by atoms with van der Waals surface area (Å²) in [5.74, 6) is 1.47. The summed E-state index contributed by atoms with van der Waals surface area (Å²) in [6.07, 6.45) is 0. The zero-order valence-electron chi connectivity index (χ0n) is 12.5. The molecule has 0 radical (unpaired) electrons. The summed E-state index contributed by atoms with van der Waals surface area (Å²) in [7, 11) is 1.88. The standard InChI is InChI=1S/C17H20N2O2/c1-12(2)17(20)19-14-6-10-16(11-7-14)21-15-8-4-13(18-3)5-9-15/h4-12,18H,1-3H3,(H,19,20). The number of hydrogen-bond acceptors (Lipinski definition) is 3. The summed E-state index contributed by atoms with van der Waals surface area (Å²) in [6.45, 7) is 3.73. The maximum Gasteiger partial charge on any atom is 0.226 e. The molecule has 0 aliphatic carbocycles. The molecule has 0 fully saturated rings. The molecule has 0 aliphatic heterocycles. The van der Waals surface area contributed by atoms with Crippen molar-refractivity contribution in [2.24, 2.45) is 5.92 Å². The fraction of sp³-hybridized carbons (Fsp3) is 0.235. The molecule has 0 bridgehead atoms. The lowest BCUT2D eigenvalue weighted by molar-refractivity contribution is -0.118. The first kappa shape index (κ1) is 14.9. The topological polar surface area (TPSA) is 50.4 Å². The van der Waals surface area contributed by atoms with E-state index in [-0.39, 0.29) is 11.8 Å². The lowest BCUT2D eigenvalue weighted by Crippen LogP contribution is -2.17. The monoisotopic (exact) mass is 284 g/mol. The van der Waals surface area contributed by atoms with Crippen molar-refractivity contribution in [3.05, 3.63) is 48.5 Å². The van der Waals surface area contributed by atoms with Crippen LogP contribution in [0.1, 0.15) is 13.8 Å². The van der Waals surface area contributed by atoms with E-state index in [2.05, 4.69) is 10.6 Å². The summed E-state index contributed by atoms with van der Waals surface area (Å²) in [4.78, 5) is 11.6. The Bertz CT molecular complexity index is 589. The van der Waals surface area contributed by atoms with E-state index in [4.69, 9.17) is 4.74 Å². The van der Waals surface area contributed by atoms with E-state index in [0.717, 1.165) is 22.9 Å². The predicted octanol–water partition coefficient (Wildman–Crippen LogP) is 4.12. The Balaban J connectivity index is 2.00. The van der Waals surface area contributed by atoms with Crippen LogP contribution in [0.15, 0.2) is 48.5 Å². The van der Waals surface area contributed by atoms with Crippen molar-refractivity contribution in [1.82, 2.24) is 0 Å². The molecular formula is C17H20N2O2. The van der Waals surface area contributed by atoms with Crippen LogP contribution in [0.4, 0.5) is 11.4 Å². The second kappa shape index (κ2) is 6.79. The van der Waals surface area contributed by atoms with E-state index in [1.54, 1.807) is 0 Å². The number of amides is 1. The van der Waals surface area contributed by atoms with E-state index in [1.807, 2.05) is 69.4 Å². The first-order valence-corrected chi connectivity index (χ1v) is 6.95. The summed E-state index contributed by atoms with van der Waals surface area (Å²) in [5, 5.41) is 5.90. The molecule has 0 heterocycles. The number of carbonyl (C=O) groups excluding carboxylic acids is 1. The van der Waals surface area contributed by atoms with Gasteiger partial charge >= 0.3 is 0 Å². The molecule has 0 saturated carbocycles. The average Bonchev–Trinajstić information content (AvgIpc) is 2.50. The largest absolute Gasteiger partial charge is 0.457 e. The Labute approximate surface area is 125 Å². The lowest BCUT2D eigenvalue weighted by atomic mass is 10.2. The van der Waals surface area contributed by atoms with Gasteiger partial charge in [-0.25, -0.2) is 0 Å². The van der Waals surface area contributed by atoms with Gasteiger partial charge in [0.25, 0.3) is 0 Å². The van der Waals surface area contributed by atoms with Crippen LogP contribution in [0.3, 0.4) is 0 Å². The molecule has 2 N–H and O–H groups in total. The van der Waals surface area contributed by atoms with Gasteiger partial charge in [0.2, 0.25) is 5.91 Å². The van der Waals surface area contributed by atoms with E-state index in [0.29, 0.717) is 0 Å². The van der Waals surface area contributed by atoms with Gasteiger partial charge in [-0.1, -0.05) is 13.8 Å². The van der Waals surface area contributed by atoms with E-state index in [9.17, 15) is 4.79 Å². The van der Waals surface area contributed by atoms with E-state index < -0.39 is 0 Å². The summed E-state index contributed by atoms with van der Waals surface area (Å²) in [6, 6.07) is 15.0. The molecule has 0 unspecified atom stereocenters. The molecule has 0 aromatic heterocycles. The van der Waals surface area contributed by atoms with Gasteiger partial charge in [-0.15, -0.1) is 0 Å². The van der Waals surface area contributed by atoms with Crippen LogP contribution in [0, 0.1) is 5.92 Å². The van der Waals surface area contributed by atoms with Crippen LogP contribution in [-0.2, 0) is 4.79 Å². The third-order valence-electron chi connectivity index (χ3n) is 3.02. The quantitative estimate of drug-likeness (QED) is 0.868. The first-order valence-electron chi connectivity index (χ1n) is 6.95. The van der Waals surface area contributed by atoms with Gasteiger partial charge in [-0.2, -0.15) is 0 Å². The second-order valence-corrected chi connectivity index (χ2v) is 5.04. The van der Waals surface area contributed by atoms with Crippen LogP contribution in [0.2, 0.25) is 0 Å². The molecule has 1 amide bonds. The van der Waals surface area contributed by atoms with Crippen LogP contribution in [-0.4, -0.2) is 13.0 Å². The predicted molar refractivity (Wildman–Crippen MR) is 86.0 cm³/mol. The Morgan fingerprint density at radius 2 is 1.38 bits per heavy atom. The van der Waals surface area contributed by atoms with Gasteiger partial charge in [0.1, 0.15) is 11.5 Å². The zero-order valence-corrected chi connectivity index (χ0v) is 12.5. The van der Waals surface area contributed by atoms with Crippen molar-refractivity contribution < 1.29 is 9.53 Å². The highest BCUT2D eigenvalue weighted by atomic mass is 16.5. The van der Waals surface area contributed by atoms with Crippen molar-refractivity contribution in [2.45, 2.75) is 13.8 Å². The number of nitrogens with one attached hydrogen (secondary N) is 2. The maximum absolute atomic E-state index is 11.6. The number of benzene rings is 2. The van der Waals surface area contributed by atoms with Crippen LogP contribution in [0.5, 0.6) is 11.5 Å². The summed E-state index contributed by atoms with van der Waals surface area (Å²) in [5.41, 5.74) is 1.81. The molecule has 4 nitrogen and oxygen atoms in total. The molecule has 0 spiro atoms. The second-order valence-electron chi connectivity index (χ2n) is 5.04. The molecular weight excluding hydrogens is 264 g/mol. The van der Waals surface area contributed by atoms with E-state index in [1.165, 1.54) is 0 Å². The Hall–Kier alpha value is -2.49. The summed E-state index contributed by atoms with van der Waals surface area (Å²) >= 11 is 0. The fourth-order valence-corrected chi connectivity index (χ4v) is 1.72. The highest BCUT2D eigenvalue weighted by Gasteiger charge is 2.06. The Morgan fingerprint density at radius 3 is 1.81 bits per heavy atom. The van der Waals surface area contributed by atoms with Crippen molar-refractivity contribution >= 4 is 17.3 Å². The number of hydrogen-bond donors (Lipinski definition) is 2. The molecule has 110 valence electrons. The molecule has 0 aliphatic rings. The average molecular weight is 284 g/mol. The van der Waals surface area contributed by atoms with Gasteiger partial charge in [0.15, 0.2) is 0 Å². The van der Waals surface area contributed by atoms with Crippen molar-refractivity contribution in [3.63, 3.8) is 0 Å². The molecule has 0 saturated heterocycles. The minimum atomic E-state index is -0.0355. The smallest absolute Gasteiger partial charge is 0.226 e. The molecule has 21 heavy (non-hydrogen) atoms. The Morgan fingerprint density at radius 1 is 0.905 bits per heavy atom. The third kappa shape index (κ3) is 4.24. The molecule has 0 atom stereocenters. The zero-order chi connectivity index (χ0) is 15.2. The fourth-order valence-electron chi connectivity index (χ4n) is 1.72. The van der Waals surface area contributed by atoms with Gasteiger partial charge in [0, 0.05) is 24.3 Å². The molecule has 2 rings (SSSR count). The highest BCUT2D eigenvalue weighted by Crippen LogP contribution is 2.24. The van der Waals surface area contributed by atoms with E-state index >= 15 is 0 Å². The van der Waals surface area contributed by atoms with Crippen molar-refractivity contribution in [1.29, 1.82) is 0 Å². The number of rotatable bonds is 5. The van der Waals surface area contributed by atoms with Gasteiger partial charge in [-0.05, 0) is 48.5 Å². The van der Waals surface area contributed by atoms with Crippen molar-refractivity contribution in [2.75, 3.05) is 17.7 Å². The lowest BCUT2D eigenvalue weighted by Gasteiger charge is -2.10. The summed E-state index contributed by atoms with van der Waals surface area (Å²) < 4.78 is 5.74. The normalized spacial score (nSPS) is 10.3. The first-order chi connectivity index (χ1) is 10.1. The number of anilines is 2. The number of carbonyl (C=O) groups is 1. The number of ether oxygens (including phenoxy) is 1. The third-order valence-corrected chi connectivity index (χ3v) is 3.02. The van der Waals surface area contributed by atoms with Crippen LogP contribution in [0.25, 0.3) is 0 Å². The van der Waals surface area contributed by atoms with Crippen molar-refractivity contribution in [3.8, 4) is 11.5 Å². The van der Waals surface area contributed by atoms with Gasteiger partial charge in [-0.3, -0.25) is 4.79 Å². The minimum absolute atomic E-state index is 0.00585. The van der Waals surface area contributed by atoms with Crippen LogP contribution >= 0.6 is 0 Å². The van der Waals surface area contributed by atoms with Gasteiger partial charge in [0.05, 0.1) is 0 Å². The minimum Gasteiger partial charge on any atom is -0.457 e.